The summed E-state index contributed by atoms with van der Waals surface area (Å²) in [6.07, 6.45) is 0. The van der Waals surface area contributed by atoms with E-state index in [9.17, 15) is 18.0 Å². The number of thioether (sulfide) groups is 1. The summed E-state index contributed by atoms with van der Waals surface area (Å²) in [6.45, 7) is 1.59. The van der Waals surface area contributed by atoms with Crippen molar-refractivity contribution in [3.63, 3.8) is 0 Å². The summed E-state index contributed by atoms with van der Waals surface area (Å²) < 4.78 is 42.5. The van der Waals surface area contributed by atoms with Crippen molar-refractivity contribution in [1.82, 2.24) is 0 Å². The summed E-state index contributed by atoms with van der Waals surface area (Å²) in [5, 5.41) is -1.42. The average Bonchev–Trinajstić information content (AvgIpc) is 2.26. The predicted molar refractivity (Wildman–Crippen MR) is 67.2 cm³/mol. The van der Waals surface area contributed by atoms with Crippen molar-refractivity contribution in [1.29, 1.82) is 0 Å². The Morgan fingerprint density at radius 2 is 2.06 bits per heavy atom. The van der Waals surface area contributed by atoms with Gasteiger partial charge in [-0.1, -0.05) is 34.1 Å². The van der Waals surface area contributed by atoms with Crippen molar-refractivity contribution < 1.29 is 22.7 Å². The van der Waals surface area contributed by atoms with Crippen LogP contribution in [0.15, 0.2) is 28.7 Å². The largest absolute Gasteiger partial charge is 0.465 e. The van der Waals surface area contributed by atoms with E-state index < -0.39 is 16.7 Å². The van der Waals surface area contributed by atoms with Crippen molar-refractivity contribution in [2.75, 3.05) is 6.61 Å². The molecule has 2 nitrogen and oxygen atoms in total. The minimum absolute atomic E-state index is 0.0399. The van der Waals surface area contributed by atoms with E-state index in [2.05, 4.69) is 20.7 Å². The third-order valence-electron chi connectivity index (χ3n) is 1.94. The Labute approximate surface area is 115 Å². The van der Waals surface area contributed by atoms with Crippen LogP contribution in [-0.2, 0) is 9.53 Å². The molecule has 0 fully saturated rings. The predicted octanol–water partition coefficient (Wildman–Crippen LogP) is 4.31. The molecular weight excluding hydrogens is 333 g/mol. The molecule has 1 aromatic rings. The number of hydrogen-bond acceptors (Lipinski definition) is 3. The molecule has 0 spiro atoms. The Kier molecular flexibility index (Phi) is 5.52. The molecule has 100 valence electrons. The van der Waals surface area contributed by atoms with Gasteiger partial charge >= 0.3 is 11.5 Å². The average molecular weight is 343 g/mol. The molecule has 7 heteroatoms. The fraction of sp³-hybridized carbons (Fsp3) is 0.364. The first-order chi connectivity index (χ1) is 8.35. The van der Waals surface area contributed by atoms with E-state index in [-0.39, 0.29) is 23.9 Å². The maximum atomic E-state index is 12.5. The molecule has 0 saturated carbocycles. The van der Waals surface area contributed by atoms with Crippen LogP contribution in [0.3, 0.4) is 0 Å². The van der Waals surface area contributed by atoms with Gasteiger partial charge in [0, 0.05) is 4.47 Å². The second kappa shape index (κ2) is 6.47. The number of esters is 1. The number of carbonyl (C=O) groups is 1. The lowest BCUT2D eigenvalue weighted by atomic mass is 10.1. The molecule has 0 saturated heterocycles. The van der Waals surface area contributed by atoms with E-state index in [4.69, 9.17) is 0 Å². The van der Waals surface area contributed by atoms with Crippen molar-refractivity contribution in [2.24, 2.45) is 0 Å². The van der Waals surface area contributed by atoms with Crippen LogP contribution in [0, 0.1) is 0 Å². The zero-order chi connectivity index (χ0) is 13.8. The molecule has 0 N–H and O–H groups in total. The molecule has 0 aliphatic carbocycles. The number of carbonyl (C=O) groups excluding carboxylic acids is 1. The molecule has 1 rings (SSSR count). The molecule has 0 aliphatic heterocycles. The van der Waals surface area contributed by atoms with Crippen LogP contribution in [0.5, 0.6) is 0 Å². The fourth-order valence-electron chi connectivity index (χ4n) is 1.28. The summed E-state index contributed by atoms with van der Waals surface area (Å²) in [7, 11) is 0. The van der Waals surface area contributed by atoms with Gasteiger partial charge in [-0.05, 0) is 30.3 Å². The van der Waals surface area contributed by atoms with Crippen LogP contribution in [0.25, 0.3) is 0 Å². The Balaban J connectivity index is 3.05. The molecule has 0 aliphatic rings. The minimum Gasteiger partial charge on any atom is -0.465 e. The molecule has 0 radical (unpaired) electrons. The first kappa shape index (κ1) is 15.4. The molecule has 0 unspecified atom stereocenters. The Morgan fingerprint density at radius 1 is 1.44 bits per heavy atom. The number of rotatable bonds is 4. The van der Waals surface area contributed by atoms with Gasteiger partial charge in [0.1, 0.15) is 5.25 Å². The molecule has 0 amide bonds. The lowest BCUT2D eigenvalue weighted by Gasteiger charge is -2.18. The lowest BCUT2D eigenvalue weighted by Crippen LogP contribution is -2.18. The first-order valence-corrected chi connectivity index (χ1v) is 6.68. The van der Waals surface area contributed by atoms with Gasteiger partial charge in [0.2, 0.25) is 0 Å². The second-order valence-corrected chi connectivity index (χ2v) is 5.24. The van der Waals surface area contributed by atoms with Crippen molar-refractivity contribution >= 4 is 33.7 Å². The van der Waals surface area contributed by atoms with Crippen LogP contribution in [-0.4, -0.2) is 18.1 Å². The maximum absolute atomic E-state index is 12.5. The van der Waals surface area contributed by atoms with Crippen molar-refractivity contribution in [3.05, 3.63) is 34.3 Å². The van der Waals surface area contributed by atoms with E-state index in [1.165, 1.54) is 6.07 Å². The number of halogens is 4. The highest BCUT2D eigenvalue weighted by atomic mass is 79.9. The van der Waals surface area contributed by atoms with Crippen molar-refractivity contribution in [2.45, 2.75) is 17.7 Å². The summed E-state index contributed by atoms with van der Waals surface area (Å²) in [6, 6.07) is 6.28. The molecular formula is C11H10BrF3O2S. The monoisotopic (exact) mass is 342 g/mol. The maximum Gasteiger partial charge on any atom is 0.442 e. The first-order valence-electron chi connectivity index (χ1n) is 5.00. The zero-order valence-corrected chi connectivity index (χ0v) is 11.7. The van der Waals surface area contributed by atoms with Crippen LogP contribution in [0.2, 0.25) is 0 Å². The standard InChI is InChI=1S/C11H10BrF3O2S/c1-2-17-10(16)9(18-11(13,14)15)7-5-3-4-6-8(7)12/h3-6,9H,2H2,1H3/t9-/m0/s1. The lowest BCUT2D eigenvalue weighted by molar-refractivity contribution is -0.142. The highest BCUT2D eigenvalue weighted by Gasteiger charge is 2.38. The summed E-state index contributed by atoms with van der Waals surface area (Å²) in [5.41, 5.74) is -4.26. The van der Waals surface area contributed by atoms with Crippen LogP contribution >= 0.6 is 27.7 Å². The van der Waals surface area contributed by atoms with Gasteiger partial charge in [0.15, 0.2) is 0 Å². The quantitative estimate of drug-likeness (QED) is 0.763. The van der Waals surface area contributed by atoms with Crippen LogP contribution in [0.1, 0.15) is 17.7 Å². The third kappa shape index (κ3) is 4.53. The summed E-state index contributed by atoms with van der Waals surface area (Å²) >= 11 is 2.75. The van der Waals surface area contributed by atoms with Gasteiger partial charge in [-0.15, -0.1) is 0 Å². The van der Waals surface area contributed by atoms with Gasteiger partial charge in [-0.3, -0.25) is 4.79 Å². The van der Waals surface area contributed by atoms with Crippen LogP contribution in [0.4, 0.5) is 13.2 Å². The SMILES string of the molecule is CCOC(=O)[C@@H](SC(F)(F)F)c1ccccc1Br. The van der Waals surface area contributed by atoms with Gasteiger partial charge in [0.25, 0.3) is 0 Å². The Hall–Kier alpha value is -0.690. The van der Waals surface area contributed by atoms with E-state index in [1.54, 1.807) is 25.1 Å². The van der Waals surface area contributed by atoms with Gasteiger partial charge in [-0.25, -0.2) is 0 Å². The van der Waals surface area contributed by atoms with E-state index in [1.807, 2.05) is 0 Å². The van der Waals surface area contributed by atoms with E-state index in [0.29, 0.717) is 4.47 Å². The van der Waals surface area contributed by atoms with E-state index >= 15 is 0 Å². The molecule has 0 aromatic heterocycles. The van der Waals surface area contributed by atoms with Gasteiger partial charge in [0.05, 0.1) is 6.61 Å². The normalized spacial score (nSPS) is 13.2. The highest BCUT2D eigenvalue weighted by Crippen LogP contribution is 2.44. The van der Waals surface area contributed by atoms with Gasteiger partial charge < -0.3 is 4.74 Å². The summed E-state index contributed by atoms with van der Waals surface area (Å²) in [5.74, 6) is -0.897. The van der Waals surface area contributed by atoms with E-state index in [0.717, 1.165) is 0 Å². The zero-order valence-electron chi connectivity index (χ0n) is 9.33. The number of alkyl halides is 3. The number of benzene rings is 1. The molecule has 1 aromatic carbocycles. The minimum atomic E-state index is -4.51. The molecule has 0 bridgehead atoms. The van der Waals surface area contributed by atoms with Gasteiger partial charge in [-0.2, -0.15) is 13.2 Å². The Morgan fingerprint density at radius 3 is 2.56 bits per heavy atom. The summed E-state index contributed by atoms with van der Waals surface area (Å²) in [4.78, 5) is 11.6. The smallest absolute Gasteiger partial charge is 0.442 e. The molecule has 18 heavy (non-hydrogen) atoms. The van der Waals surface area contributed by atoms with Crippen molar-refractivity contribution in [3.8, 4) is 0 Å². The number of hydrogen-bond donors (Lipinski definition) is 0. The second-order valence-electron chi connectivity index (χ2n) is 3.22. The Bertz CT molecular complexity index is 423. The fourth-order valence-corrected chi connectivity index (χ4v) is 2.71. The molecule has 0 heterocycles. The number of ether oxygens (including phenoxy) is 1. The highest BCUT2D eigenvalue weighted by molar-refractivity contribution is 9.10. The van der Waals surface area contributed by atoms with Crippen LogP contribution < -0.4 is 0 Å². The molecule has 1 atom stereocenters. The third-order valence-corrected chi connectivity index (χ3v) is 3.61. The topological polar surface area (TPSA) is 26.3 Å².